The second-order valence-corrected chi connectivity index (χ2v) is 10.7. The van der Waals surface area contributed by atoms with Crippen LogP contribution in [0, 0.1) is 17.1 Å². The van der Waals surface area contributed by atoms with Crippen LogP contribution in [0.15, 0.2) is 59.9 Å². The third kappa shape index (κ3) is 5.90. The van der Waals surface area contributed by atoms with E-state index < -0.39 is 14.1 Å². The van der Waals surface area contributed by atoms with E-state index in [-0.39, 0.29) is 5.88 Å². The highest BCUT2D eigenvalue weighted by Crippen LogP contribution is 2.25. The molecule has 0 aliphatic carbocycles. The summed E-state index contributed by atoms with van der Waals surface area (Å²) < 4.78 is 25.0. The SMILES string of the molecule is C=C(N=Cc1cc(F)ccc1Oc1ccc(C#N)cc1)O[Si](C)(C)C. The lowest BCUT2D eigenvalue weighted by Gasteiger charge is -2.18. The lowest BCUT2D eigenvalue weighted by molar-refractivity contribution is 0.421. The maximum absolute atomic E-state index is 13.6. The van der Waals surface area contributed by atoms with Gasteiger partial charge in [-0.05, 0) is 68.7 Å². The van der Waals surface area contributed by atoms with E-state index in [9.17, 15) is 4.39 Å². The van der Waals surface area contributed by atoms with Crippen LogP contribution >= 0.6 is 0 Å². The third-order valence-corrected chi connectivity index (χ3v) is 3.80. The van der Waals surface area contributed by atoms with Crippen molar-refractivity contribution in [1.82, 2.24) is 0 Å². The Hall–Kier alpha value is -2.91. The molecule has 128 valence electrons. The summed E-state index contributed by atoms with van der Waals surface area (Å²) in [5, 5.41) is 8.83. The van der Waals surface area contributed by atoms with Gasteiger partial charge in [-0.3, -0.25) is 0 Å². The molecule has 25 heavy (non-hydrogen) atoms. The fourth-order valence-electron chi connectivity index (χ4n) is 1.96. The zero-order chi connectivity index (χ0) is 18.4. The molecule has 0 heterocycles. The van der Waals surface area contributed by atoms with Gasteiger partial charge in [-0.25, -0.2) is 9.38 Å². The molecule has 2 aromatic carbocycles. The van der Waals surface area contributed by atoms with Gasteiger partial charge in [0.1, 0.15) is 17.3 Å². The number of benzene rings is 2. The van der Waals surface area contributed by atoms with Crippen molar-refractivity contribution >= 4 is 14.5 Å². The Kier molecular flexibility index (Phi) is 5.73. The molecule has 0 amide bonds. The minimum Gasteiger partial charge on any atom is -0.532 e. The number of halogens is 1. The second kappa shape index (κ2) is 7.77. The van der Waals surface area contributed by atoms with E-state index in [4.69, 9.17) is 14.4 Å². The first-order chi connectivity index (χ1) is 11.8. The number of nitriles is 1. The van der Waals surface area contributed by atoms with E-state index in [1.54, 1.807) is 24.3 Å². The minimum atomic E-state index is -1.80. The van der Waals surface area contributed by atoms with Crippen LogP contribution in [0.3, 0.4) is 0 Å². The van der Waals surface area contributed by atoms with Crippen molar-refractivity contribution in [2.24, 2.45) is 4.99 Å². The highest BCUT2D eigenvalue weighted by molar-refractivity contribution is 6.70. The van der Waals surface area contributed by atoms with Crippen LogP contribution in [0.2, 0.25) is 19.6 Å². The molecule has 2 rings (SSSR count). The smallest absolute Gasteiger partial charge is 0.244 e. The van der Waals surface area contributed by atoms with E-state index in [0.717, 1.165) is 0 Å². The normalized spacial score (nSPS) is 11.2. The Balaban J connectivity index is 2.22. The maximum atomic E-state index is 13.6. The molecule has 0 radical (unpaired) electrons. The lowest BCUT2D eigenvalue weighted by Crippen LogP contribution is -2.24. The fraction of sp³-hybridized carbons (Fsp3) is 0.158. The molecule has 0 saturated heterocycles. The van der Waals surface area contributed by atoms with Gasteiger partial charge in [0.25, 0.3) is 0 Å². The molecular weight excluding hydrogens is 335 g/mol. The zero-order valence-electron chi connectivity index (χ0n) is 14.4. The topological polar surface area (TPSA) is 54.6 Å². The Morgan fingerprint density at radius 2 is 1.88 bits per heavy atom. The van der Waals surface area contributed by atoms with Crippen molar-refractivity contribution in [3.63, 3.8) is 0 Å². The van der Waals surface area contributed by atoms with Gasteiger partial charge in [-0.2, -0.15) is 5.26 Å². The van der Waals surface area contributed by atoms with Crippen LogP contribution in [-0.4, -0.2) is 14.5 Å². The monoisotopic (exact) mass is 354 g/mol. The fourth-order valence-corrected chi connectivity index (χ4v) is 2.72. The molecule has 0 saturated carbocycles. The molecule has 0 aliphatic rings. The van der Waals surface area contributed by atoms with Gasteiger partial charge in [0, 0.05) is 11.8 Å². The van der Waals surface area contributed by atoms with E-state index >= 15 is 0 Å². The average Bonchev–Trinajstić information content (AvgIpc) is 2.54. The first-order valence-electron chi connectivity index (χ1n) is 7.66. The zero-order valence-corrected chi connectivity index (χ0v) is 15.4. The second-order valence-electron chi connectivity index (χ2n) is 6.29. The van der Waals surface area contributed by atoms with E-state index in [1.165, 1.54) is 24.4 Å². The van der Waals surface area contributed by atoms with Crippen molar-refractivity contribution in [3.8, 4) is 17.6 Å². The Morgan fingerprint density at radius 1 is 1.20 bits per heavy atom. The van der Waals surface area contributed by atoms with E-state index in [2.05, 4.69) is 11.6 Å². The Labute approximate surface area is 148 Å². The van der Waals surface area contributed by atoms with Crippen LogP contribution in [-0.2, 0) is 4.43 Å². The Bertz CT molecular complexity index is 834. The van der Waals surface area contributed by atoms with Crippen molar-refractivity contribution < 1.29 is 13.6 Å². The highest BCUT2D eigenvalue weighted by atomic mass is 28.4. The molecule has 0 aromatic heterocycles. The molecule has 0 fully saturated rings. The molecule has 2 aromatic rings. The maximum Gasteiger partial charge on any atom is 0.244 e. The number of nitrogens with zero attached hydrogens (tertiary/aromatic N) is 2. The lowest BCUT2D eigenvalue weighted by atomic mass is 10.2. The molecule has 0 N–H and O–H groups in total. The summed E-state index contributed by atoms with van der Waals surface area (Å²) in [6, 6.07) is 12.9. The van der Waals surface area contributed by atoms with Gasteiger partial charge >= 0.3 is 0 Å². The quantitative estimate of drug-likeness (QED) is 0.405. The molecular formula is C19H19FN2O2Si. The molecule has 0 spiro atoms. The van der Waals surface area contributed by atoms with Crippen LogP contribution < -0.4 is 4.74 Å². The summed E-state index contributed by atoms with van der Waals surface area (Å²) in [5.41, 5.74) is 0.998. The summed E-state index contributed by atoms with van der Waals surface area (Å²) in [5.74, 6) is 0.867. The first-order valence-corrected chi connectivity index (χ1v) is 11.1. The molecule has 0 atom stereocenters. The first kappa shape index (κ1) is 18.4. The summed E-state index contributed by atoms with van der Waals surface area (Å²) in [4.78, 5) is 4.15. The van der Waals surface area contributed by atoms with Crippen molar-refractivity contribution in [3.05, 3.63) is 71.9 Å². The van der Waals surface area contributed by atoms with Gasteiger partial charge in [-0.15, -0.1) is 0 Å². The highest BCUT2D eigenvalue weighted by Gasteiger charge is 2.16. The van der Waals surface area contributed by atoms with Gasteiger partial charge in [0.2, 0.25) is 8.32 Å². The molecule has 0 bridgehead atoms. The number of rotatable bonds is 6. The predicted octanol–water partition coefficient (Wildman–Crippen LogP) is 5.23. The summed E-state index contributed by atoms with van der Waals surface area (Å²) in [7, 11) is -1.80. The van der Waals surface area contributed by atoms with Crippen LogP contribution in [0.5, 0.6) is 11.5 Å². The third-order valence-electron chi connectivity index (χ3n) is 2.95. The Morgan fingerprint density at radius 3 is 2.48 bits per heavy atom. The molecule has 0 unspecified atom stereocenters. The minimum absolute atomic E-state index is 0.285. The van der Waals surface area contributed by atoms with Crippen molar-refractivity contribution in [2.45, 2.75) is 19.6 Å². The van der Waals surface area contributed by atoms with E-state index in [1.807, 2.05) is 25.7 Å². The summed E-state index contributed by atoms with van der Waals surface area (Å²) in [6.45, 7) is 9.83. The number of aliphatic imine (C=N–C) groups is 1. The van der Waals surface area contributed by atoms with Crippen molar-refractivity contribution in [2.75, 3.05) is 0 Å². The average molecular weight is 354 g/mol. The largest absolute Gasteiger partial charge is 0.532 e. The summed E-state index contributed by atoms with van der Waals surface area (Å²) in [6.07, 6.45) is 1.46. The van der Waals surface area contributed by atoms with Crippen LogP contribution in [0.1, 0.15) is 11.1 Å². The van der Waals surface area contributed by atoms with Gasteiger partial charge < -0.3 is 9.16 Å². The molecule has 6 heteroatoms. The summed E-state index contributed by atoms with van der Waals surface area (Å²) >= 11 is 0. The number of ether oxygens (including phenoxy) is 1. The predicted molar refractivity (Wildman–Crippen MR) is 98.8 cm³/mol. The van der Waals surface area contributed by atoms with Crippen LogP contribution in [0.25, 0.3) is 0 Å². The van der Waals surface area contributed by atoms with Crippen LogP contribution in [0.4, 0.5) is 4.39 Å². The number of hydrogen-bond donors (Lipinski definition) is 0. The molecule has 4 nitrogen and oxygen atoms in total. The van der Waals surface area contributed by atoms with Crippen molar-refractivity contribution in [1.29, 1.82) is 5.26 Å². The number of hydrogen-bond acceptors (Lipinski definition) is 4. The molecule has 0 aliphatic heterocycles. The van der Waals surface area contributed by atoms with Gasteiger partial charge in [0.05, 0.1) is 11.6 Å². The van der Waals surface area contributed by atoms with Gasteiger partial charge in [0.15, 0.2) is 5.88 Å². The standard InChI is InChI=1S/C19H19FN2O2Si/c1-14(24-25(2,3)4)22-13-16-11-17(20)7-10-19(16)23-18-8-5-15(12-21)6-9-18/h5-11,13H,1H2,2-4H3. The van der Waals surface area contributed by atoms with Gasteiger partial charge in [-0.1, -0.05) is 0 Å². The van der Waals surface area contributed by atoms with E-state index in [0.29, 0.717) is 22.6 Å².